The third-order valence-electron chi connectivity index (χ3n) is 2.73. The third kappa shape index (κ3) is 7.88. The molecule has 1 atom stereocenters. The molecule has 7 heteroatoms. The largest absolute Gasteiger partial charge is 0.484 e. The van der Waals surface area contributed by atoms with E-state index >= 15 is 0 Å². The normalized spacial score (nSPS) is 11.3. The van der Waals surface area contributed by atoms with Crippen molar-refractivity contribution in [3.8, 4) is 5.75 Å². The van der Waals surface area contributed by atoms with Crippen molar-refractivity contribution >= 4 is 17.8 Å². The summed E-state index contributed by atoms with van der Waals surface area (Å²) in [4.78, 5) is 33.5. The van der Waals surface area contributed by atoms with E-state index in [1.807, 2.05) is 6.07 Å². The van der Waals surface area contributed by atoms with Crippen LogP contribution in [0.5, 0.6) is 5.75 Å². The van der Waals surface area contributed by atoms with Gasteiger partial charge in [-0.3, -0.25) is 14.4 Å². The first-order valence-electron chi connectivity index (χ1n) is 6.90. The number of aliphatic carboxylic acids is 1. The Bertz CT molecular complexity index is 504. The number of rotatable bonds is 9. The van der Waals surface area contributed by atoms with Gasteiger partial charge >= 0.3 is 5.97 Å². The Morgan fingerprint density at radius 3 is 2.45 bits per heavy atom. The molecule has 0 bridgehead atoms. The lowest BCUT2D eigenvalue weighted by molar-refractivity contribution is -0.138. The Morgan fingerprint density at radius 2 is 1.82 bits per heavy atom. The third-order valence-corrected chi connectivity index (χ3v) is 2.73. The second kappa shape index (κ2) is 9.38. The lowest BCUT2D eigenvalue weighted by atomic mass is 10.1. The van der Waals surface area contributed by atoms with E-state index in [1.54, 1.807) is 31.2 Å². The van der Waals surface area contributed by atoms with Crippen molar-refractivity contribution in [2.75, 3.05) is 19.7 Å². The smallest absolute Gasteiger partial charge is 0.303 e. The molecule has 22 heavy (non-hydrogen) atoms. The minimum Gasteiger partial charge on any atom is -0.484 e. The number of hydrogen-bond donors (Lipinski definition) is 3. The van der Waals surface area contributed by atoms with Crippen LogP contribution < -0.4 is 15.4 Å². The molecule has 0 aliphatic rings. The van der Waals surface area contributed by atoms with Crippen molar-refractivity contribution in [1.82, 2.24) is 10.6 Å². The highest BCUT2D eigenvalue weighted by Crippen LogP contribution is 2.07. The molecule has 1 aromatic rings. The van der Waals surface area contributed by atoms with Gasteiger partial charge < -0.3 is 20.5 Å². The number of carbonyl (C=O) groups excluding carboxylic acids is 2. The van der Waals surface area contributed by atoms with E-state index < -0.39 is 11.9 Å². The molecule has 2 amide bonds. The predicted molar refractivity (Wildman–Crippen MR) is 79.4 cm³/mol. The highest BCUT2D eigenvalue weighted by atomic mass is 16.5. The molecule has 1 unspecified atom stereocenters. The molecule has 0 aromatic heterocycles. The summed E-state index contributed by atoms with van der Waals surface area (Å²) in [5, 5.41) is 13.6. The number of carbonyl (C=O) groups is 3. The van der Waals surface area contributed by atoms with Crippen molar-refractivity contribution in [3.63, 3.8) is 0 Å². The molecule has 3 N–H and O–H groups in total. The highest BCUT2D eigenvalue weighted by molar-refractivity contribution is 5.85. The van der Waals surface area contributed by atoms with E-state index in [2.05, 4.69) is 10.6 Å². The number of carboxylic acids is 1. The second-order valence-electron chi connectivity index (χ2n) is 4.89. The van der Waals surface area contributed by atoms with E-state index in [1.165, 1.54) is 0 Å². The quantitative estimate of drug-likeness (QED) is 0.613. The van der Waals surface area contributed by atoms with Crippen molar-refractivity contribution in [2.24, 2.45) is 5.92 Å². The van der Waals surface area contributed by atoms with Crippen LogP contribution in [0, 0.1) is 5.92 Å². The summed E-state index contributed by atoms with van der Waals surface area (Å²) in [6.07, 6.45) is -0.0163. The molecule has 0 aliphatic carbocycles. The van der Waals surface area contributed by atoms with Gasteiger partial charge in [0.25, 0.3) is 5.91 Å². The molecule has 0 fully saturated rings. The van der Waals surface area contributed by atoms with Gasteiger partial charge in [-0.05, 0) is 18.1 Å². The number of carboxylic acid groups (broad SMARTS) is 1. The Morgan fingerprint density at radius 1 is 1.14 bits per heavy atom. The summed E-state index contributed by atoms with van der Waals surface area (Å²) in [5.41, 5.74) is 0. The minimum atomic E-state index is -0.909. The summed E-state index contributed by atoms with van der Waals surface area (Å²) in [6, 6.07) is 8.87. The van der Waals surface area contributed by atoms with E-state index in [0.717, 1.165) is 0 Å². The number of amides is 2. The fourth-order valence-electron chi connectivity index (χ4n) is 1.62. The molecule has 0 heterocycles. The lowest BCUT2D eigenvalue weighted by Crippen LogP contribution is -2.40. The average molecular weight is 308 g/mol. The summed E-state index contributed by atoms with van der Waals surface area (Å²) in [6.45, 7) is 1.63. The standard InChI is InChI=1S/C15H20N2O5/c1-11(7-15(20)21)8-16-13(18)9-17-14(19)10-22-12-5-3-2-4-6-12/h2-6,11H,7-10H2,1H3,(H,16,18)(H,17,19)(H,20,21). The fraction of sp³-hybridized carbons (Fsp3) is 0.400. The summed E-state index contributed by atoms with van der Waals surface area (Å²) >= 11 is 0. The molecule has 0 aliphatic heterocycles. The van der Waals surface area contributed by atoms with Gasteiger partial charge in [-0.25, -0.2) is 0 Å². The molecule has 1 rings (SSSR count). The highest BCUT2D eigenvalue weighted by Gasteiger charge is 2.10. The Hall–Kier alpha value is -2.57. The summed E-state index contributed by atoms with van der Waals surface area (Å²) < 4.78 is 5.23. The van der Waals surface area contributed by atoms with Crippen molar-refractivity contribution < 1.29 is 24.2 Å². The molecule has 0 saturated heterocycles. The van der Waals surface area contributed by atoms with Crippen LogP contribution in [-0.2, 0) is 14.4 Å². The van der Waals surface area contributed by atoms with Gasteiger partial charge in [0.2, 0.25) is 5.91 Å². The number of hydrogen-bond acceptors (Lipinski definition) is 4. The molecule has 0 spiro atoms. The van der Waals surface area contributed by atoms with E-state index in [9.17, 15) is 14.4 Å². The van der Waals surface area contributed by atoms with Crippen LogP contribution in [0.2, 0.25) is 0 Å². The molecule has 0 radical (unpaired) electrons. The Kier molecular flexibility index (Phi) is 7.45. The maximum Gasteiger partial charge on any atom is 0.303 e. The molecule has 120 valence electrons. The lowest BCUT2D eigenvalue weighted by Gasteiger charge is -2.11. The van der Waals surface area contributed by atoms with Gasteiger partial charge in [0.1, 0.15) is 5.75 Å². The van der Waals surface area contributed by atoms with E-state index in [0.29, 0.717) is 5.75 Å². The van der Waals surface area contributed by atoms with Crippen molar-refractivity contribution in [1.29, 1.82) is 0 Å². The second-order valence-corrected chi connectivity index (χ2v) is 4.89. The summed E-state index contributed by atoms with van der Waals surface area (Å²) in [5.74, 6) is -1.28. The SMILES string of the molecule is CC(CNC(=O)CNC(=O)COc1ccccc1)CC(=O)O. The fourth-order valence-corrected chi connectivity index (χ4v) is 1.62. The van der Waals surface area contributed by atoms with Crippen molar-refractivity contribution in [2.45, 2.75) is 13.3 Å². The zero-order valence-corrected chi connectivity index (χ0v) is 12.4. The summed E-state index contributed by atoms with van der Waals surface area (Å²) in [7, 11) is 0. The molecular weight excluding hydrogens is 288 g/mol. The molecule has 1 aromatic carbocycles. The Balaban J connectivity index is 2.15. The number of nitrogens with one attached hydrogen (secondary N) is 2. The van der Waals surface area contributed by atoms with Crippen LogP contribution in [0.4, 0.5) is 0 Å². The molecular formula is C15H20N2O5. The van der Waals surface area contributed by atoms with Gasteiger partial charge in [0.05, 0.1) is 6.54 Å². The monoisotopic (exact) mass is 308 g/mol. The molecule has 7 nitrogen and oxygen atoms in total. The predicted octanol–water partition coefficient (Wildman–Crippen LogP) is 0.409. The van der Waals surface area contributed by atoms with Crippen LogP contribution in [-0.4, -0.2) is 42.6 Å². The van der Waals surface area contributed by atoms with Gasteiger partial charge in [-0.2, -0.15) is 0 Å². The van der Waals surface area contributed by atoms with E-state index in [4.69, 9.17) is 9.84 Å². The number of para-hydroxylation sites is 1. The van der Waals surface area contributed by atoms with Crippen LogP contribution in [0.3, 0.4) is 0 Å². The zero-order valence-electron chi connectivity index (χ0n) is 12.4. The Labute approximate surface area is 128 Å². The minimum absolute atomic E-state index is 0.0163. The number of ether oxygens (including phenoxy) is 1. The van der Waals surface area contributed by atoms with Gasteiger partial charge in [0.15, 0.2) is 6.61 Å². The van der Waals surface area contributed by atoms with E-state index in [-0.39, 0.29) is 37.9 Å². The number of benzene rings is 1. The van der Waals surface area contributed by atoms with Crippen LogP contribution in [0.25, 0.3) is 0 Å². The zero-order chi connectivity index (χ0) is 16.4. The first kappa shape index (κ1) is 17.5. The first-order valence-corrected chi connectivity index (χ1v) is 6.90. The van der Waals surface area contributed by atoms with Gasteiger partial charge in [0, 0.05) is 13.0 Å². The first-order chi connectivity index (χ1) is 10.5. The maximum atomic E-state index is 11.5. The van der Waals surface area contributed by atoms with Crippen LogP contribution in [0.1, 0.15) is 13.3 Å². The topological polar surface area (TPSA) is 105 Å². The van der Waals surface area contributed by atoms with Crippen LogP contribution >= 0.6 is 0 Å². The van der Waals surface area contributed by atoms with Gasteiger partial charge in [-0.1, -0.05) is 25.1 Å². The van der Waals surface area contributed by atoms with Crippen LogP contribution in [0.15, 0.2) is 30.3 Å². The van der Waals surface area contributed by atoms with Crippen molar-refractivity contribution in [3.05, 3.63) is 30.3 Å². The average Bonchev–Trinajstić information content (AvgIpc) is 2.49. The molecule has 0 saturated carbocycles. The maximum absolute atomic E-state index is 11.5. The van der Waals surface area contributed by atoms with Gasteiger partial charge in [-0.15, -0.1) is 0 Å².